The van der Waals surface area contributed by atoms with Gasteiger partial charge in [-0.25, -0.2) is 10.1 Å². The lowest BCUT2D eigenvalue weighted by Crippen LogP contribution is -2.14. The summed E-state index contributed by atoms with van der Waals surface area (Å²) in [7, 11) is -4.14. The molecule has 0 aliphatic carbocycles. The molecule has 6 heteroatoms. The molecule has 0 heterocycles. The summed E-state index contributed by atoms with van der Waals surface area (Å²) in [6.07, 6.45) is 0.970. The van der Waals surface area contributed by atoms with Crippen molar-refractivity contribution in [2.24, 2.45) is 0 Å². The zero-order valence-electron chi connectivity index (χ0n) is 4.48. The van der Waals surface area contributed by atoms with Crippen molar-refractivity contribution in [2.75, 3.05) is 5.75 Å². The first-order valence-electron chi connectivity index (χ1n) is 1.99. The maximum Gasteiger partial charge on any atom is 0.421 e. The van der Waals surface area contributed by atoms with Gasteiger partial charge in [0, 0.05) is 0 Å². The third kappa shape index (κ3) is 2.22. The molecule has 9 heavy (non-hydrogen) atoms. The molecule has 0 N–H and O–H groups in total. The van der Waals surface area contributed by atoms with Crippen LogP contribution in [0, 0.1) is 10.1 Å². The topological polar surface area (TPSA) is 77.3 Å². The van der Waals surface area contributed by atoms with Crippen LogP contribution in [-0.2, 0) is 10.0 Å². The number of nitrogens with zero attached hydrogens (tertiary/aromatic N) is 1. The first kappa shape index (κ1) is 8.09. The summed E-state index contributed by atoms with van der Waals surface area (Å²) in [6, 6.07) is 0. The van der Waals surface area contributed by atoms with Gasteiger partial charge in [0.25, 0.3) is 0 Å². The van der Waals surface area contributed by atoms with Crippen molar-refractivity contribution in [3.05, 3.63) is 22.8 Å². The maximum atomic E-state index is 10.2. The Labute approximate surface area is 52.2 Å². The summed E-state index contributed by atoms with van der Waals surface area (Å²) in [5, 5.41) is 9.58. The quantitative estimate of drug-likeness (QED) is 0.317. The first-order valence-corrected chi connectivity index (χ1v) is 3.60. The zero-order chi connectivity index (χ0) is 7.49. The maximum absolute atomic E-state index is 10.2. The van der Waals surface area contributed by atoms with Crippen molar-refractivity contribution < 1.29 is 12.7 Å². The van der Waals surface area contributed by atoms with E-state index in [4.69, 9.17) is 0 Å². The monoisotopic (exact) mass is 151 g/mol. The molecule has 0 saturated carbocycles. The van der Waals surface area contributed by atoms with Gasteiger partial charge in [-0.15, -0.1) is 6.58 Å². The van der Waals surface area contributed by atoms with E-state index in [1.165, 1.54) is 0 Å². The highest BCUT2D eigenvalue weighted by atomic mass is 32.2. The molecule has 0 aliphatic heterocycles. The Balaban J connectivity index is 4.41. The Morgan fingerprint density at radius 2 is 2.11 bits per heavy atom. The van der Waals surface area contributed by atoms with Gasteiger partial charge in [-0.1, -0.05) is 6.08 Å². The predicted molar refractivity (Wildman–Crippen MR) is 31.0 cm³/mol. The molecule has 5 nitrogen and oxygen atoms in total. The fraction of sp³-hybridized carbons (Fsp3) is 0.333. The number of hydrogen-bond acceptors (Lipinski definition) is 4. The van der Waals surface area contributed by atoms with Gasteiger partial charge in [-0.3, -0.25) is 0 Å². The van der Waals surface area contributed by atoms with Crippen LogP contribution in [0.15, 0.2) is 12.7 Å². The predicted octanol–water partition coefficient (Wildman–Crippen LogP) is -0.221. The van der Waals surface area contributed by atoms with Crippen molar-refractivity contribution in [3.63, 3.8) is 0 Å². The minimum absolute atomic E-state index is 0.611. The van der Waals surface area contributed by atoms with Crippen LogP contribution in [0.5, 0.6) is 0 Å². The summed E-state index contributed by atoms with van der Waals surface area (Å²) < 4.78 is 19.0. The average Bonchev–Trinajstić information content (AvgIpc) is 1.65. The van der Waals surface area contributed by atoms with Crippen molar-refractivity contribution in [1.29, 1.82) is 0 Å². The molecule has 0 aromatic rings. The standard InChI is InChI=1S/C3H5NO4S/c1-2-3-9(7,8)4(5)6/h2H,1,3H2. The molecule has 0 saturated heterocycles. The van der Waals surface area contributed by atoms with Gasteiger partial charge in [0.15, 0.2) is 4.33 Å². The largest absolute Gasteiger partial charge is 0.421 e. The van der Waals surface area contributed by atoms with Gasteiger partial charge in [0.2, 0.25) is 0 Å². The lowest BCUT2D eigenvalue weighted by molar-refractivity contribution is -0.304. The lowest BCUT2D eigenvalue weighted by atomic mass is 10.8. The summed E-state index contributed by atoms with van der Waals surface area (Å²) >= 11 is 0. The zero-order valence-corrected chi connectivity index (χ0v) is 5.30. The molecule has 0 bridgehead atoms. The fourth-order valence-corrected chi connectivity index (χ4v) is 0.629. The van der Waals surface area contributed by atoms with Crippen LogP contribution >= 0.6 is 0 Å². The number of nitro groups is 1. The second-order valence-electron chi connectivity index (χ2n) is 1.26. The van der Waals surface area contributed by atoms with E-state index in [-0.39, 0.29) is 0 Å². The molecular formula is C3H5NO4S. The van der Waals surface area contributed by atoms with Crippen molar-refractivity contribution in [1.82, 2.24) is 0 Å². The van der Waals surface area contributed by atoms with Gasteiger partial charge in [-0.2, -0.15) is 8.42 Å². The van der Waals surface area contributed by atoms with Gasteiger partial charge < -0.3 is 0 Å². The molecule has 0 fully saturated rings. The van der Waals surface area contributed by atoms with E-state index in [1.54, 1.807) is 0 Å². The third-order valence-corrected chi connectivity index (χ3v) is 1.67. The molecule has 0 atom stereocenters. The molecule has 0 aliphatic rings. The Hall–Kier alpha value is -0.910. The van der Waals surface area contributed by atoms with Gasteiger partial charge >= 0.3 is 10.0 Å². The van der Waals surface area contributed by atoms with E-state index in [1.807, 2.05) is 0 Å². The molecule has 0 spiro atoms. The van der Waals surface area contributed by atoms with Crippen LogP contribution < -0.4 is 0 Å². The highest BCUT2D eigenvalue weighted by molar-refractivity contribution is 7.85. The van der Waals surface area contributed by atoms with Crippen LogP contribution in [0.1, 0.15) is 0 Å². The number of sulfonamides is 1. The van der Waals surface area contributed by atoms with E-state index >= 15 is 0 Å². The van der Waals surface area contributed by atoms with E-state index in [9.17, 15) is 18.5 Å². The molecule has 0 aromatic carbocycles. The van der Waals surface area contributed by atoms with Gasteiger partial charge in [0.05, 0.1) is 0 Å². The van der Waals surface area contributed by atoms with Crippen LogP contribution in [0.4, 0.5) is 0 Å². The van der Waals surface area contributed by atoms with Crippen molar-refractivity contribution in [2.45, 2.75) is 0 Å². The minimum atomic E-state index is -4.14. The van der Waals surface area contributed by atoms with Gasteiger partial charge in [0.1, 0.15) is 5.75 Å². The molecule has 0 aromatic heterocycles. The Morgan fingerprint density at radius 1 is 1.67 bits per heavy atom. The second-order valence-corrected chi connectivity index (χ2v) is 3.06. The van der Waals surface area contributed by atoms with Crippen LogP contribution in [0.2, 0.25) is 0 Å². The normalized spacial score (nSPS) is 10.7. The van der Waals surface area contributed by atoms with Crippen LogP contribution in [0.3, 0.4) is 0 Å². The van der Waals surface area contributed by atoms with Crippen LogP contribution in [0.25, 0.3) is 0 Å². The fourth-order valence-electron chi connectivity index (χ4n) is 0.210. The molecule has 52 valence electrons. The number of hydrogen-bond donors (Lipinski definition) is 0. The van der Waals surface area contributed by atoms with Crippen LogP contribution in [-0.4, -0.2) is 18.5 Å². The highest BCUT2D eigenvalue weighted by Gasteiger charge is 2.19. The average molecular weight is 151 g/mol. The summed E-state index contributed by atoms with van der Waals surface area (Å²) in [5.41, 5.74) is 0. The Kier molecular flexibility index (Phi) is 2.32. The Morgan fingerprint density at radius 3 is 2.22 bits per heavy atom. The number of rotatable bonds is 3. The van der Waals surface area contributed by atoms with E-state index in [0.717, 1.165) is 6.08 Å². The van der Waals surface area contributed by atoms with E-state index in [0.29, 0.717) is 0 Å². The Bertz CT molecular complexity index is 216. The highest BCUT2D eigenvalue weighted by Crippen LogP contribution is 1.88. The second kappa shape index (κ2) is 2.58. The van der Waals surface area contributed by atoms with E-state index < -0.39 is 20.1 Å². The molecule has 0 unspecified atom stereocenters. The first-order chi connectivity index (χ1) is 4.00. The molecular weight excluding hydrogens is 146 g/mol. The summed E-state index contributed by atoms with van der Waals surface area (Å²) in [5.74, 6) is -0.611. The third-order valence-electron chi connectivity index (χ3n) is 0.556. The SMILES string of the molecule is C=CCS(=O)(=O)[N+](=O)[O-]. The smallest absolute Gasteiger partial charge is 0.247 e. The van der Waals surface area contributed by atoms with Crippen molar-refractivity contribution in [3.8, 4) is 0 Å². The molecule has 0 amide bonds. The molecule has 0 rings (SSSR count). The van der Waals surface area contributed by atoms with Crippen molar-refractivity contribution >= 4 is 10.0 Å². The van der Waals surface area contributed by atoms with Gasteiger partial charge in [-0.05, 0) is 0 Å². The van der Waals surface area contributed by atoms with E-state index in [2.05, 4.69) is 6.58 Å². The summed E-state index contributed by atoms with van der Waals surface area (Å²) in [4.78, 5) is 9.58. The minimum Gasteiger partial charge on any atom is -0.247 e. The lowest BCUT2D eigenvalue weighted by Gasteiger charge is -1.85. The molecule has 0 radical (unpaired) electrons. The summed E-state index contributed by atoms with van der Waals surface area (Å²) in [6.45, 7) is 3.04.